The molecule has 0 aliphatic heterocycles. The Morgan fingerprint density at radius 1 is 1.43 bits per heavy atom. The molecule has 0 fully saturated rings. The van der Waals surface area contributed by atoms with Crippen LogP contribution in [0.25, 0.3) is 0 Å². The Morgan fingerprint density at radius 3 is 2.81 bits per heavy atom. The number of methoxy groups -OCH3 is 1. The molecule has 1 heterocycles. The molecule has 2 rings (SSSR count). The third-order valence-corrected chi connectivity index (χ3v) is 3.29. The second kappa shape index (κ2) is 7.17. The lowest BCUT2D eigenvalue weighted by Gasteiger charge is -2.19. The fraction of sp³-hybridized carbons (Fsp3) is 0.467. The second-order valence-electron chi connectivity index (χ2n) is 4.98. The van der Waals surface area contributed by atoms with Gasteiger partial charge in [-0.3, -0.25) is 4.68 Å². The molecule has 1 aromatic heterocycles. The van der Waals surface area contributed by atoms with Gasteiger partial charge in [0.25, 0.3) is 0 Å². The highest BCUT2D eigenvalue weighted by Crippen LogP contribution is 2.24. The molecule has 114 valence electrons. The zero-order chi connectivity index (χ0) is 15.2. The van der Waals surface area contributed by atoms with Gasteiger partial charge in [0.1, 0.15) is 11.6 Å². The molecule has 0 radical (unpaired) electrons. The molecule has 0 amide bonds. The first kappa shape index (κ1) is 15.4. The fourth-order valence-corrected chi connectivity index (χ4v) is 2.23. The largest absolute Gasteiger partial charge is 0.497 e. The maximum atomic E-state index is 14.3. The van der Waals surface area contributed by atoms with Crippen LogP contribution in [0, 0.1) is 5.82 Å². The minimum absolute atomic E-state index is 0.132. The highest BCUT2D eigenvalue weighted by Gasteiger charge is 2.18. The Labute approximate surface area is 124 Å². The summed E-state index contributed by atoms with van der Waals surface area (Å²) in [6.45, 7) is 2.90. The van der Waals surface area contributed by atoms with Crippen LogP contribution in [-0.4, -0.2) is 28.6 Å². The highest BCUT2D eigenvalue weighted by molar-refractivity contribution is 5.31. The van der Waals surface area contributed by atoms with E-state index in [1.807, 2.05) is 13.2 Å². The van der Waals surface area contributed by atoms with Crippen molar-refractivity contribution in [2.24, 2.45) is 7.05 Å². The SMILES string of the molecule is CCCNC(Cc1cn(C)nn1)c1ccc(OC)cc1F. The topological polar surface area (TPSA) is 52.0 Å². The van der Waals surface area contributed by atoms with E-state index >= 15 is 0 Å². The summed E-state index contributed by atoms with van der Waals surface area (Å²) in [6, 6.07) is 4.81. The van der Waals surface area contributed by atoms with Crippen molar-refractivity contribution in [1.82, 2.24) is 20.3 Å². The lowest BCUT2D eigenvalue weighted by atomic mass is 10.0. The lowest BCUT2D eigenvalue weighted by molar-refractivity contribution is 0.408. The van der Waals surface area contributed by atoms with Crippen molar-refractivity contribution in [3.63, 3.8) is 0 Å². The lowest BCUT2D eigenvalue weighted by Crippen LogP contribution is -2.25. The van der Waals surface area contributed by atoms with Crippen molar-refractivity contribution >= 4 is 0 Å². The van der Waals surface area contributed by atoms with Crippen LogP contribution in [0.1, 0.15) is 30.6 Å². The van der Waals surface area contributed by atoms with Gasteiger partial charge in [0.05, 0.1) is 12.8 Å². The molecule has 0 spiro atoms. The van der Waals surface area contributed by atoms with E-state index in [1.165, 1.54) is 13.2 Å². The third-order valence-electron chi connectivity index (χ3n) is 3.29. The number of nitrogens with zero attached hydrogens (tertiary/aromatic N) is 3. The van der Waals surface area contributed by atoms with Gasteiger partial charge in [-0.2, -0.15) is 0 Å². The molecule has 1 aromatic carbocycles. The average Bonchev–Trinajstić information content (AvgIpc) is 2.88. The molecular formula is C15H21FN4O. The Balaban J connectivity index is 2.22. The van der Waals surface area contributed by atoms with Gasteiger partial charge in [0, 0.05) is 37.3 Å². The van der Waals surface area contributed by atoms with Crippen LogP contribution in [0.15, 0.2) is 24.4 Å². The predicted octanol–water partition coefficient (Wildman–Crippen LogP) is 2.25. The highest BCUT2D eigenvalue weighted by atomic mass is 19.1. The summed E-state index contributed by atoms with van der Waals surface area (Å²) in [5, 5.41) is 11.4. The number of nitrogens with one attached hydrogen (secondary N) is 1. The van der Waals surface area contributed by atoms with Crippen LogP contribution in [0.2, 0.25) is 0 Å². The summed E-state index contributed by atoms with van der Waals surface area (Å²) in [6.07, 6.45) is 3.42. The van der Waals surface area contributed by atoms with Gasteiger partial charge in [-0.15, -0.1) is 5.10 Å². The number of aromatic nitrogens is 3. The number of hydrogen-bond donors (Lipinski definition) is 1. The molecule has 0 aliphatic carbocycles. The van der Waals surface area contributed by atoms with Gasteiger partial charge in [0.2, 0.25) is 0 Å². The second-order valence-corrected chi connectivity index (χ2v) is 4.98. The van der Waals surface area contributed by atoms with Gasteiger partial charge < -0.3 is 10.1 Å². The van der Waals surface area contributed by atoms with Crippen molar-refractivity contribution < 1.29 is 9.13 Å². The van der Waals surface area contributed by atoms with Crippen LogP contribution >= 0.6 is 0 Å². The molecule has 1 atom stereocenters. The quantitative estimate of drug-likeness (QED) is 0.850. The number of aryl methyl sites for hydroxylation is 1. The summed E-state index contributed by atoms with van der Waals surface area (Å²) in [7, 11) is 3.35. The monoisotopic (exact) mass is 292 g/mol. The number of ether oxygens (including phenoxy) is 1. The van der Waals surface area contributed by atoms with Gasteiger partial charge in [-0.05, 0) is 19.0 Å². The van der Waals surface area contributed by atoms with E-state index in [1.54, 1.807) is 16.8 Å². The minimum Gasteiger partial charge on any atom is -0.497 e. The molecule has 1 unspecified atom stereocenters. The van der Waals surface area contributed by atoms with Gasteiger partial charge in [-0.1, -0.05) is 18.2 Å². The predicted molar refractivity (Wildman–Crippen MR) is 78.7 cm³/mol. The standard InChI is InChI=1S/C15H21FN4O/c1-4-7-17-15(8-11-10-20(2)19-18-11)13-6-5-12(21-3)9-14(13)16/h5-6,9-10,15,17H,4,7-8H2,1-3H3. The van der Waals surface area contributed by atoms with Gasteiger partial charge >= 0.3 is 0 Å². The maximum Gasteiger partial charge on any atom is 0.131 e. The van der Waals surface area contributed by atoms with Crippen LogP contribution in [-0.2, 0) is 13.5 Å². The zero-order valence-corrected chi connectivity index (χ0v) is 12.6. The van der Waals surface area contributed by atoms with Crippen molar-refractivity contribution in [3.8, 4) is 5.75 Å². The Morgan fingerprint density at radius 2 is 2.24 bits per heavy atom. The van der Waals surface area contributed by atoms with E-state index in [-0.39, 0.29) is 11.9 Å². The molecule has 1 N–H and O–H groups in total. The summed E-state index contributed by atoms with van der Waals surface area (Å²) in [4.78, 5) is 0. The molecule has 0 aliphatic rings. The zero-order valence-electron chi connectivity index (χ0n) is 12.6. The van der Waals surface area contributed by atoms with Crippen LogP contribution < -0.4 is 10.1 Å². The molecular weight excluding hydrogens is 271 g/mol. The number of rotatable bonds is 7. The summed E-state index contributed by atoms with van der Waals surface area (Å²) >= 11 is 0. The van der Waals surface area contributed by atoms with Crippen molar-refractivity contribution in [3.05, 3.63) is 41.5 Å². The Hall–Kier alpha value is -1.95. The van der Waals surface area contributed by atoms with E-state index in [9.17, 15) is 4.39 Å². The maximum absolute atomic E-state index is 14.3. The molecule has 0 saturated heterocycles. The van der Waals surface area contributed by atoms with Crippen LogP contribution in [0.5, 0.6) is 5.75 Å². The summed E-state index contributed by atoms with van der Waals surface area (Å²) < 4.78 is 21.0. The van der Waals surface area contributed by atoms with Crippen molar-refractivity contribution in [2.45, 2.75) is 25.8 Å². The number of hydrogen-bond acceptors (Lipinski definition) is 4. The number of benzene rings is 1. The average molecular weight is 292 g/mol. The first-order chi connectivity index (χ1) is 10.1. The van der Waals surface area contributed by atoms with E-state index in [0.717, 1.165) is 18.7 Å². The Bertz CT molecular complexity index is 585. The minimum atomic E-state index is -0.271. The first-order valence-electron chi connectivity index (χ1n) is 7.06. The van der Waals surface area contributed by atoms with E-state index in [2.05, 4.69) is 22.6 Å². The van der Waals surface area contributed by atoms with Gasteiger partial charge in [0.15, 0.2) is 0 Å². The molecule has 21 heavy (non-hydrogen) atoms. The van der Waals surface area contributed by atoms with Crippen molar-refractivity contribution in [2.75, 3.05) is 13.7 Å². The molecule has 0 saturated carbocycles. The molecule has 2 aromatic rings. The van der Waals surface area contributed by atoms with E-state index < -0.39 is 0 Å². The number of halogens is 1. The van der Waals surface area contributed by atoms with Crippen LogP contribution in [0.3, 0.4) is 0 Å². The van der Waals surface area contributed by atoms with E-state index in [0.29, 0.717) is 17.7 Å². The van der Waals surface area contributed by atoms with Gasteiger partial charge in [-0.25, -0.2) is 4.39 Å². The van der Waals surface area contributed by atoms with E-state index in [4.69, 9.17) is 4.74 Å². The normalized spacial score (nSPS) is 12.4. The third kappa shape index (κ3) is 4.01. The molecule has 6 heteroatoms. The summed E-state index contributed by atoms with van der Waals surface area (Å²) in [5.41, 5.74) is 1.45. The first-order valence-corrected chi connectivity index (χ1v) is 7.06. The smallest absolute Gasteiger partial charge is 0.131 e. The summed E-state index contributed by atoms with van der Waals surface area (Å²) in [5.74, 6) is 0.247. The Kier molecular flexibility index (Phi) is 5.27. The molecule has 5 nitrogen and oxygen atoms in total. The van der Waals surface area contributed by atoms with Crippen LogP contribution in [0.4, 0.5) is 4.39 Å². The molecule has 0 bridgehead atoms. The fourth-order valence-electron chi connectivity index (χ4n) is 2.23. The van der Waals surface area contributed by atoms with Crippen molar-refractivity contribution in [1.29, 1.82) is 0 Å².